The summed E-state index contributed by atoms with van der Waals surface area (Å²) >= 11 is 6.25. The van der Waals surface area contributed by atoms with Crippen LogP contribution < -0.4 is 0 Å². The van der Waals surface area contributed by atoms with Gasteiger partial charge in [-0.1, -0.05) is 41.9 Å². The molecule has 0 bridgehead atoms. The van der Waals surface area contributed by atoms with Crippen LogP contribution in [0, 0.1) is 0 Å². The normalized spacial score (nSPS) is 14.4. The molecule has 0 amide bonds. The average molecular weight is 289 g/mol. The average Bonchev–Trinajstić information content (AvgIpc) is 3.26. The Morgan fingerprint density at radius 1 is 1.30 bits per heavy atom. The fourth-order valence-electron chi connectivity index (χ4n) is 2.47. The Morgan fingerprint density at radius 3 is 2.70 bits per heavy atom. The summed E-state index contributed by atoms with van der Waals surface area (Å²) in [4.78, 5) is 11.2. The molecule has 1 heterocycles. The molecule has 1 fully saturated rings. The Morgan fingerprint density at radius 2 is 2.05 bits per heavy atom. The van der Waals surface area contributed by atoms with Gasteiger partial charge in [-0.3, -0.25) is 9.48 Å². The van der Waals surface area contributed by atoms with Gasteiger partial charge in [0.25, 0.3) is 0 Å². The summed E-state index contributed by atoms with van der Waals surface area (Å²) in [5, 5.41) is 5.02. The summed E-state index contributed by atoms with van der Waals surface area (Å²) < 4.78 is 1.78. The van der Waals surface area contributed by atoms with Gasteiger partial charge in [0.2, 0.25) is 0 Å². The van der Waals surface area contributed by atoms with Gasteiger partial charge in [0.15, 0.2) is 6.29 Å². The van der Waals surface area contributed by atoms with Crippen LogP contribution >= 0.6 is 11.6 Å². The Hall–Kier alpha value is -1.61. The van der Waals surface area contributed by atoms with Crippen LogP contribution in [0.15, 0.2) is 30.3 Å². The van der Waals surface area contributed by atoms with Gasteiger partial charge in [0.1, 0.15) is 5.15 Å². The van der Waals surface area contributed by atoms with E-state index >= 15 is 0 Å². The van der Waals surface area contributed by atoms with E-state index in [1.165, 1.54) is 5.56 Å². The quantitative estimate of drug-likeness (QED) is 0.757. The first kappa shape index (κ1) is 13.4. The molecule has 0 unspecified atom stereocenters. The highest BCUT2D eigenvalue weighted by molar-refractivity contribution is 6.32. The standard InChI is InChI=1S/C16H17ClN2O/c17-16-14(11-20)15(13-8-9-13)18-19(16)10-4-7-12-5-2-1-3-6-12/h1-3,5-6,11,13H,4,7-10H2. The number of aldehydes is 1. The molecule has 0 spiro atoms. The van der Waals surface area contributed by atoms with Gasteiger partial charge in [-0.05, 0) is 31.2 Å². The van der Waals surface area contributed by atoms with E-state index in [9.17, 15) is 4.79 Å². The van der Waals surface area contributed by atoms with E-state index in [-0.39, 0.29) is 0 Å². The summed E-state index contributed by atoms with van der Waals surface area (Å²) in [5.41, 5.74) is 2.80. The van der Waals surface area contributed by atoms with Crippen molar-refractivity contribution in [1.29, 1.82) is 0 Å². The second-order valence-electron chi connectivity index (χ2n) is 5.29. The van der Waals surface area contributed by atoms with Crippen molar-refractivity contribution in [3.63, 3.8) is 0 Å². The molecule has 2 aromatic rings. The number of hydrogen-bond acceptors (Lipinski definition) is 2. The summed E-state index contributed by atoms with van der Waals surface area (Å²) in [6.07, 6.45) is 5.05. The molecule has 1 saturated carbocycles. The SMILES string of the molecule is O=Cc1c(C2CC2)nn(CCCc2ccccc2)c1Cl. The number of aryl methyl sites for hydroxylation is 2. The third-order valence-corrected chi connectivity index (χ3v) is 4.11. The zero-order valence-corrected chi connectivity index (χ0v) is 12.0. The molecule has 0 atom stereocenters. The molecule has 20 heavy (non-hydrogen) atoms. The molecule has 104 valence electrons. The lowest BCUT2D eigenvalue weighted by Gasteiger charge is -2.03. The molecule has 4 heteroatoms. The van der Waals surface area contributed by atoms with Crippen molar-refractivity contribution in [3.05, 3.63) is 52.3 Å². The van der Waals surface area contributed by atoms with Gasteiger partial charge in [-0.25, -0.2) is 0 Å². The number of nitrogens with zero attached hydrogens (tertiary/aromatic N) is 2. The number of rotatable bonds is 6. The fourth-order valence-corrected chi connectivity index (χ4v) is 2.73. The largest absolute Gasteiger partial charge is 0.298 e. The Balaban J connectivity index is 1.67. The van der Waals surface area contributed by atoms with Crippen molar-refractivity contribution in [2.75, 3.05) is 0 Å². The van der Waals surface area contributed by atoms with Crippen LogP contribution in [0.25, 0.3) is 0 Å². The van der Waals surface area contributed by atoms with Crippen molar-refractivity contribution in [1.82, 2.24) is 9.78 Å². The molecular weight excluding hydrogens is 272 g/mol. The van der Waals surface area contributed by atoms with Crippen LogP contribution in [0.1, 0.15) is 46.8 Å². The number of aromatic nitrogens is 2. The van der Waals surface area contributed by atoms with E-state index in [0.717, 1.165) is 44.2 Å². The minimum Gasteiger partial charge on any atom is -0.298 e. The molecular formula is C16H17ClN2O. The summed E-state index contributed by atoms with van der Waals surface area (Å²) in [6, 6.07) is 10.4. The van der Waals surface area contributed by atoms with Crippen molar-refractivity contribution in [3.8, 4) is 0 Å². The van der Waals surface area contributed by atoms with E-state index in [0.29, 0.717) is 16.6 Å². The van der Waals surface area contributed by atoms with Gasteiger partial charge in [0, 0.05) is 12.5 Å². The number of halogens is 1. The maximum absolute atomic E-state index is 11.2. The van der Waals surface area contributed by atoms with Gasteiger partial charge in [0.05, 0.1) is 11.3 Å². The summed E-state index contributed by atoms with van der Waals surface area (Å²) in [5.74, 6) is 0.447. The topological polar surface area (TPSA) is 34.9 Å². The number of carbonyl (C=O) groups excluding carboxylic acids is 1. The molecule has 1 aromatic carbocycles. The Bertz CT molecular complexity index is 602. The lowest BCUT2D eigenvalue weighted by molar-refractivity contribution is 0.112. The maximum Gasteiger partial charge on any atom is 0.155 e. The maximum atomic E-state index is 11.2. The third-order valence-electron chi connectivity index (χ3n) is 3.71. The predicted molar refractivity (Wildman–Crippen MR) is 79.4 cm³/mol. The molecule has 3 rings (SSSR count). The highest BCUT2D eigenvalue weighted by atomic mass is 35.5. The summed E-state index contributed by atoms with van der Waals surface area (Å²) in [6.45, 7) is 0.751. The molecule has 0 N–H and O–H groups in total. The Labute approximate surface area is 123 Å². The van der Waals surface area contributed by atoms with Crippen molar-refractivity contribution in [2.45, 2.75) is 38.1 Å². The zero-order valence-electron chi connectivity index (χ0n) is 11.3. The van der Waals surface area contributed by atoms with E-state index in [1.807, 2.05) is 18.2 Å². The second-order valence-corrected chi connectivity index (χ2v) is 5.65. The van der Waals surface area contributed by atoms with E-state index in [4.69, 9.17) is 11.6 Å². The molecule has 0 aliphatic heterocycles. The lowest BCUT2D eigenvalue weighted by Crippen LogP contribution is -2.02. The zero-order chi connectivity index (χ0) is 13.9. The molecule has 0 saturated heterocycles. The van der Waals surface area contributed by atoms with E-state index in [2.05, 4.69) is 17.2 Å². The highest BCUT2D eigenvalue weighted by Crippen LogP contribution is 2.42. The second kappa shape index (κ2) is 5.80. The number of carbonyl (C=O) groups is 1. The highest BCUT2D eigenvalue weighted by Gasteiger charge is 2.31. The third kappa shape index (κ3) is 2.78. The van der Waals surface area contributed by atoms with Gasteiger partial charge < -0.3 is 0 Å². The van der Waals surface area contributed by atoms with E-state index in [1.54, 1.807) is 4.68 Å². The van der Waals surface area contributed by atoms with Crippen molar-refractivity contribution in [2.24, 2.45) is 0 Å². The smallest absolute Gasteiger partial charge is 0.155 e. The van der Waals surface area contributed by atoms with Crippen molar-refractivity contribution >= 4 is 17.9 Å². The van der Waals surface area contributed by atoms with Crippen LogP contribution in [0.4, 0.5) is 0 Å². The minimum atomic E-state index is 0.447. The van der Waals surface area contributed by atoms with E-state index < -0.39 is 0 Å². The summed E-state index contributed by atoms with van der Waals surface area (Å²) in [7, 11) is 0. The molecule has 3 nitrogen and oxygen atoms in total. The number of benzene rings is 1. The lowest BCUT2D eigenvalue weighted by atomic mass is 10.1. The van der Waals surface area contributed by atoms with Crippen LogP contribution in [0.3, 0.4) is 0 Å². The first-order valence-electron chi connectivity index (χ1n) is 7.05. The monoisotopic (exact) mass is 288 g/mol. The Kier molecular flexibility index (Phi) is 3.88. The molecule has 1 aliphatic carbocycles. The van der Waals surface area contributed by atoms with Gasteiger partial charge >= 0.3 is 0 Å². The van der Waals surface area contributed by atoms with Crippen LogP contribution in [-0.4, -0.2) is 16.1 Å². The van der Waals surface area contributed by atoms with Crippen LogP contribution in [0.2, 0.25) is 5.15 Å². The predicted octanol–water partition coefficient (Wildman–Crippen LogP) is 3.86. The van der Waals surface area contributed by atoms with Crippen LogP contribution in [0.5, 0.6) is 0 Å². The first-order chi connectivity index (χ1) is 9.79. The van der Waals surface area contributed by atoms with Crippen molar-refractivity contribution < 1.29 is 4.79 Å². The fraction of sp³-hybridized carbons (Fsp3) is 0.375. The van der Waals surface area contributed by atoms with Crippen LogP contribution in [-0.2, 0) is 13.0 Å². The number of hydrogen-bond donors (Lipinski definition) is 0. The van der Waals surface area contributed by atoms with Gasteiger partial charge in [-0.15, -0.1) is 0 Å². The first-order valence-corrected chi connectivity index (χ1v) is 7.42. The molecule has 1 aromatic heterocycles. The van der Waals surface area contributed by atoms with Gasteiger partial charge in [-0.2, -0.15) is 5.10 Å². The molecule has 1 aliphatic rings. The minimum absolute atomic E-state index is 0.447. The molecule has 0 radical (unpaired) electrons.